The van der Waals surface area contributed by atoms with Crippen LogP contribution in [0.5, 0.6) is 5.75 Å². The highest BCUT2D eigenvalue weighted by Gasteiger charge is 2.48. The second-order valence-electron chi connectivity index (χ2n) is 7.48. The lowest BCUT2D eigenvalue weighted by Crippen LogP contribution is -2.48. The van der Waals surface area contributed by atoms with Gasteiger partial charge < -0.3 is 14.4 Å². The van der Waals surface area contributed by atoms with Gasteiger partial charge in [-0.1, -0.05) is 19.1 Å². The van der Waals surface area contributed by atoms with Crippen LogP contribution in [0.3, 0.4) is 0 Å². The van der Waals surface area contributed by atoms with Crippen LogP contribution in [0, 0.1) is 5.41 Å². The quantitative estimate of drug-likeness (QED) is 0.817. The zero-order valence-corrected chi connectivity index (χ0v) is 16.2. The summed E-state index contributed by atoms with van der Waals surface area (Å²) in [6, 6.07) is 7.87. The number of hydrogen-bond donors (Lipinski definition) is 0. The van der Waals surface area contributed by atoms with E-state index in [-0.39, 0.29) is 23.5 Å². The van der Waals surface area contributed by atoms with E-state index >= 15 is 0 Å². The predicted molar refractivity (Wildman–Crippen MR) is 101 cm³/mol. The molecule has 26 heavy (non-hydrogen) atoms. The van der Waals surface area contributed by atoms with Crippen molar-refractivity contribution < 1.29 is 14.3 Å². The van der Waals surface area contributed by atoms with Crippen LogP contribution in [0.1, 0.15) is 37.8 Å². The lowest BCUT2D eigenvalue weighted by molar-refractivity contribution is -0.149. The molecule has 1 amide bonds. The highest BCUT2D eigenvalue weighted by atomic mass is 32.1. The number of thiazole rings is 1. The molecule has 1 saturated carbocycles. The molecule has 5 nitrogen and oxygen atoms in total. The first-order valence-corrected chi connectivity index (χ1v) is 9.92. The molecule has 2 atom stereocenters. The first kappa shape index (κ1) is 17.5. The standard InChI is InChI=1S/C20H24N2O3S/c1-13-10-22(19(23)20(2)8-9-20)11-17(25-13)18-21-15(12-26-18)14-6-4-5-7-16(14)24-3/h4-7,12-13,17H,8-11H2,1-3H3/t13-,17-/m1/s1. The van der Waals surface area contributed by atoms with Crippen molar-refractivity contribution in [2.75, 3.05) is 20.2 Å². The van der Waals surface area contributed by atoms with Crippen LogP contribution in [0.25, 0.3) is 11.3 Å². The average molecular weight is 372 g/mol. The molecule has 1 aliphatic carbocycles. The molecule has 4 rings (SSSR count). The number of amides is 1. The zero-order valence-electron chi connectivity index (χ0n) is 15.4. The van der Waals surface area contributed by atoms with Crippen molar-refractivity contribution in [3.05, 3.63) is 34.7 Å². The summed E-state index contributed by atoms with van der Waals surface area (Å²) in [6.07, 6.45) is 1.84. The normalized spacial score (nSPS) is 24.3. The summed E-state index contributed by atoms with van der Waals surface area (Å²) in [5.41, 5.74) is 1.71. The van der Waals surface area contributed by atoms with Crippen LogP contribution in [0.4, 0.5) is 0 Å². The Balaban J connectivity index is 1.55. The van der Waals surface area contributed by atoms with Gasteiger partial charge >= 0.3 is 0 Å². The van der Waals surface area contributed by atoms with E-state index in [1.807, 2.05) is 41.5 Å². The number of ether oxygens (including phenoxy) is 2. The number of aromatic nitrogens is 1. The summed E-state index contributed by atoms with van der Waals surface area (Å²) in [4.78, 5) is 19.5. The first-order chi connectivity index (χ1) is 12.5. The van der Waals surface area contributed by atoms with E-state index in [1.54, 1.807) is 18.4 Å². The van der Waals surface area contributed by atoms with Crippen LogP contribution in [0.15, 0.2) is 29.6 Å². The molecule has 1 aliphatic heterocycles. The number of morpholine rings is 1. The van der Waals surface area contributed by atoms with E-state index in [1.165, 1.54) is 0 Å². The molecular weight excluding hydrogens is 348 g/mol. The maximum atomic E-state index is 12.8. The molecule has 0 bridgehead atoms. The smallest absolute Gasteiger partial charge is 0.228 e. The molecule has 2 heterocycles. The zero-order chi connectivity index (χ0) is 18.3. The molecule has 0 radical (unpaired) electrons. The maximum Gasteiger partial charge on any atom is 0.228 e. The number of nitrogens with zero attached hydrogens (tertiary/aromatic N) is 2. The van der Waals surface area contributed by atoms with Gasteiger partial charge in [0.05, 0.1) is 25.5 Å². The molecule has 1 saturated heterocycles. The van der Waals surface area contributed by atoms with Crippen molar-refractivity contribution in [3.63, 3.8) is 0 Å². The highest BCUT2D eigenvalue weighted by molar-refractivity contribution is 7.10. The third-order valence-electron chi connectivity index (χ3n) is 5.24. The summed E-state index contributed by atoms with van der Waals surface area (Å²) < 4.78 is 11.6. The van der Waals surface area contributed by atoms with Gasteiger partial charge in [0.15, 0.2) is 0 Å². The van der Waals surface area contributed by atoms with Crippen molar-refractivity contribution in [3.8, 4) is 17.0 Å². The molecule has 0 spiro atoms. The highest BCUT2D eigenvalue weighted by Crippen LogP contribution is 2.47. The van der Waals surface area contributed by atoms with Gasteiger partial charge in [0.25, 0.3) is 0 Å². The van der Waals surface area contributed by atoms with Gasteiger partial charge in [-0.2, -0.15) is 0 Å². The second-order valence-corrected chi connectivity index (χ2v) is 8.37. The molecular formula is C20H24N2O3S. The van der Waals surface area contributed by atoms with E-state index in [4.69, 9.17) is 14.5 Å². The Morgan fingerprint density at radius 1 is 1.35 bits per heavy atom. The van der Waals surface area contributed by atoms with E-state index in [2.05, 4.69) is 6.92 Å². The van der Waals surface area contributed by atoms with Crippen molar-refractivity contribution in [1.82, 2.24) is 9.88 Å². The third kappa shape index (κ3) is 3.23. The van der Waals surface area contributed by atoms with Crippen molar-refractivity contribution in [2.45, 2.75) is 38.9 Å². The fourth-order valence-electron chi connectivity index (χ4n) is 3.45. The minimum absolute atomic E-state index is 0.0126. The number of hydrogen-bond acceptors (Lipinski definition) is 5. The van der Waals surface area contributed by atoms with E-state index in [0.29, 0.717) is 13.1 Å². The van der Waals surface area contributed by atoms with E-state index in [0.717, 1.165) is 34.9 Å². The summed E-state index contributed by atoms with van der Waals surface area (Å²) in [5.74, 6) is 1.07. The van der Waals surface area contributed by atoms with E-state index in [9.17, 15) is 4.79 Å². The molecule has 1 aromatic heterocycles. The van der Waals surface area contributed by atoms with Crippen molar-refractivity contribution in [1.29, 1.82) is 0 Å². The van der Waals surface area contributed by atoms with Gasteiger partial charge in [-0.3, -0.25) is 4.79 Å². The Labute approximate surface area is 157 Å². The summed E-state index contributed by atoms with van der Waals surface area (Å²) in [6.45, 7) is 5.33. The predicted octanol–water partition coefficient (Wildman–Crippen LogP) is 3.91. The number of benzene rings is 1. The second kappa shape index (κ2) is 6.67. The fourth-order valence-corrected chi connectivity index (χ4v) is 4.30. The minimum Gasteiger partial charge on any atom is -0.496 e. The van der Waals surface area contributed by atoms with Gasteiger partial charge in [0, 0.05) is 22.9 Å². The van der Waals surface area contributed by atoms with Crippen molar-refractivity contribution >= 4 is 17.2 Å². The largest absolute Gasteiger partial charge is 0.496 e. The average Bonchev–Trinajstić information content (AvgIpc) is 3.21. The molecule has 0 unspecified atom stereocenters. The molecule has 2 fully saturated rings. The maximum absolute atomic E-state index is 12.8. The first-order valence-electron chi connectivity index (χ1n) is 9.04. The van der Waals surface area contributed by atoms with Crippen LogP contribution < -0.4 is 4.74 Å². The lowest BCUT2D eigenvalue weighted by atomic mass is 10.1. The Kier molecular flexibility index (Phi) is 4.49. The third-order valence-corrected chi connectivity index (χ3v) is 6.18. The lowest BCUT2D eigenvalue weighted by Gasteiger charge is -2.37. The van der Waals surface area contributed by atoms with Crippen LogP contribution in [0.2, 0.25) is 0 Å². The van der Waals surface area contributed by atoms with E-state index < -0.39 is 0 Å². The number of methoxy groups -OCH3 is 1. The van der Waals surface area contributed by atoms with Crippen LogP contribution in [-0.4, -0.2) is 42.1 Å². The monoisotopic (exact) mass is 372 g/mol. The number of carbonyl (C=O) groups excluding carboxylic acids is 1. The molecule has 6 heteroatoms. The molecule has 2 aliphatic rings. The summed E-state index contributed by atoms with van der Waals surface area (Å²) in [7, 11) is 1.67. The number of carbonyl (C=O) groups is 1. The molecule has 138 valence electrons. The van der Waals surface area contributed by atoms with Gasteiger partial charge in [-0.15, -0.1) is 11.3 Å². The molecule has 2 aromatic rings. The minimum atomic E-state index is -0.168. The Morgan fingerprint density at radius 2 is 2.12 bits per heavy atom. The topological polar surface area (TPSA) is 51.7 Å². The Morgan fingerprint density at radius 3 is 2.85 bits per heavy atom. The van der Waals surface area contributed by atoms with Gasteiger partial charge in [-0.25, -0.2) is 4.98 Å². The fraction of sp³-hybridized carbons (Fsp3) is 0.500. The summed E-state index contributed by atoms with van der Waals surface area (Å²) >= 11 is 1.58. The molecule has 0 N–H and O–H groups in total. The van der Waals surface area contributed by atoms with Gasteiger partial charge in [-0.05, 0) is 31.9 Å². The van der Waals surface area contributed by atoms with Crippen molar-refractivity contribution in [2.24, 2.45) is 5.41 Å². The molecule has 1 aromatic carbocycles. The number of rotatable bonds is 4. The van der Waals surface area contributed by atoms with Gasteiger partial charge in [0.2, 0.25) is 5.91 Å². The van der Waals surface area contributed by atoms with Crippen LogP contribution in [-0.2, 0) is 9.53 Å². The Hall–Kier alpha value is -1.92. The van der Waals surface area contributed by atoms with Gasteiger partial charge in [0.1, 0.15) is 16.9 Å². The SMILES string of the molecule is COc1ccccc1-c1csc([C@H]2CN(C(=O)C3(C)CC3)C[C@@H](C)O2)n1. The number of para-hydroxylation sites is 1. The Bertz CT molecular complexity index is 815. The summed E-state index contributed by atoms with van der Waals surface area (Å²) in [5, 5.41) is 2.95. The van der Waals surface area contributed by atoms with Crippen LogP contribution >= 0.6 is 11.3 Å².